The molecule has 1 aromatic heterocycles. The van der Waals surface area contributed by atoms with Crippen molar-refractivity contribution in [1.29, 1.82) is 0 Å². The van der Waals surface area contributed by atoms with E-state index in [9.17, 15) is 4.79 Å². The van der Waals surface area contributed by atoms with Crippen LogP contribution in [0.2, 0.25) is 0 Å². The smallest absolute Gasteiger partial charge is 0.221 e. The summed E-state index contributed by atoms with van der Waals surface area (Å²) in [6, 6.07) is 13.9. The number of rotatable bonds is 2. The largest absolute Gasteiger partial charge is 0.326 e. The quantitative estimate of drug-likeness (QED) is 0.734. The van der Waals surface area contributed by atoms with Crippen molar-refractivity contribution in [3.8, 4) is 11.1 Å². The molecule has 0 bridgehead atoms. The van der Waals surface area contributed by atoms with E-state index in [2.05, 4.69) is 21.6 Å². The third kappa shape index (κ3) is 2.33. The summed E-state index contributed by atoms with van der Waals surface area (Å²) in [6.45, 7) is 1.50. The second-order valence-electron chi connectivity index (χ2n) is 4.43. The summed E-state index contributed by atoms with van der Waals surface area (Å²) < 4.78 is 0. The van der Waals surface area contributed by atoms with Crippen LogP contribution in [0.4, 0.5) is 5.69 Å². The Labute approximate surface area is 110 Å². The number of H-pyrrole nitrogens is 1. The Morgan fingerprint density at radius 3 is 2.58 bits per heavy atom. The number of anilines is 1. The summed E-state index contributed by atoms with van der Waals surface area (Å²) in [7, 11) is 0. The normalized spacial score (nSPS) is 10.6. The monoisotopic (exact) mass is 251 g/mol. The van der Waals surface area contributed by atoms with E-state index in [1.807, 2.05) is 42.6 Å². The second kappa shape index (κ2) is 4.57. The highest BCUT2D eigenvalue weighted by atomic mass is 16.1. The fourth-order valence-corrected chi connectivity index (χ4v) is 2.07. The number of nitrogens with one attached hydrogen (secondary N) is 2. The van der Waals surface area contributed by atoms with Crippen molar-refractivity contribution < 1.29 is 4.79 Å². The van der Waals surface area contributed by atoms with Gasteiger partial charge in [-0.1, -0.05) is 18.2 Å². The fraction of sp³-hybridized carbons (Fsp3) is 0.0667. The number of carbonyl (C=O) groups excluding carboxylic acids is 1. The molecule has 19 heavy (non-hydrogen) atoms. The summed E-state index contributed by atoms with van der Waals surface area (Å²) in [5.41, 5.74) is 4.07. The van der Waals surface area contributed by atoms with Gasteiger partial charge in [-0.3, -0.25) is 9.89 Å². The van der Waals surface area contributed by atoms with Crippen molar-refractivity contribution in [3.63, 3.8) is 0 Å². The van der Waals surface area contributed by atoms with Gasteiger partial charge in [-0.2, -0.15) is 5.10 Å². The Hall–Kier alpha value is -2.62. The van der Waals surface area contributed by atoms with E-state index in [4.69, 9.17) is 0 Å². The summed E-state index contributed by atoms with van der Waals surface area (Å²) in [5, 5.41) is 10.8. The number of hydrogen-bond donors (Lipinski definition) is 2. The minimum atomic E-state index is -0.0624. The Balaban J connectivity index is 1.94. The van der Waals surface area contributed by atoms with Gasteiger partial charge < -0.3 is 5.32 Å². The SMILES string of the molecule is CC(=O)Nc1ccc(-c2ccc3[nH]ncc3c2)cc1. The van der Waals surface area contributed by atoms with Crippen LogP contribution in [0.15, 0.2) is 48.7 Å². The van der Waals surface area contributed by atoms with Gasteiger partial charge in [0.2, 0.25) is 5.91 Å². The van der Waals surface area contributed by atoms with E-state index in [0.29, 0.717) is 0 Å². The minimum Gasteiger partial charge on any atom is -0.326 e. The van der Waals surface area contributed by atoms with E-state index < -0.39 is 0 Å². The van der Waals surface area contributed by atoms with Crippen molar-refractivity contribution in [1.82, 2.24) is 10.2 Å². The third-order valence-electron chi connectivity index (χ3n) is 2.98. The number of fused-ring (bicyclic) bond motifs is 1. The fourth-order valence-electron chi connectivity index (χ4n) is 2.07. The molecule has 0 saturated heterocycles. The number of benzene rings is 2. The molecule has 0 aliphatic carbocycles. The number of hydrogen-bond acceptors (Lipinski definition) is 2. The lowest BCUT2D eigenvalue weighted by atomic mass is 10.0. The number of nitrogens with zero attached hydrogens (tertiary/aromatic N) is 1. The van der Waals surface area contributed by atoms with Gasteiger partial charge in [0.25, 0.3) is 0 Å². The molecule has 1 amide bonds. The van der Waals surface area contributed by atoms with Gasteiger partial charge in [-0.25, -0.2) is 0 Å². The van der Waals surface area contributed by atoms with Gasteiger partial charge in [0.05, 0.1) is 11.7 Å². The maximum atomic E-state index is 11.0. The molecule has 0 aliphatic heterocycles. The minimum absolute atomic E-state index is 0.0624. The molecule has 2 aromatic carbocycles. The number of aromatic nitrogens is 2. The van der Waals surface area contributed by atoms with Gasteiger partial charge in [0, 0.05) is 18.0 Å². The molecule has 1 heterocycles. The summed E-state index contributed by atoms with van der Waals surface area (Å²) in [4.78, 5) is 11.0. The lowest BCUT2D eigenvalue weighted by Crippen LogP contribution is -2.05. The first-order valence-electron chi connectivity index (χ1n) is 6.03. The Bertz CT molecular complexity index is 728. The van der Waals surface area contributed by atoms with E-state index >= 15 is 0 Å². The third-order valence-corrected chi connectivity index (χ3v) is 2.98. The van der Waals surface area contributed by atoms with Crippen molar-refractivity contribution in [2.45, 2.75) is 6.92 Å². The molecule has 3 aromatic rings. The molecule has 2 N–H and O–H groups in total. The van der Waals surface area contributed by atoms with Gasteiger partial charge in [-0.05, 0) is 35.4 Å². The predicted octanol–water partition coefficient (Wildman–Crippen LogP) is 3.19. The lowest BCUT2D eigenvalue weighted by molar-refractivity contribution is -0.114. The van der Waals surface area contributed by atoms with Gasteiger partial charge in [-0.15, -0.1) is 0 Å². The zero-order valence-electron chi connectivity index (χ0n) is 10.5. The highest BCUT2D eigenvalue weighted by Crippen LogP contribution is 2.24. The van der Waals surface area contributed by atoms with Crippen molar-refractivity contribution in [2.24, 2.45) is 0 Å². The maximum absolute atomic E-state index is 11.0. The van der Waals surface area contributed by atoms with Crippen LogP contribution in [-0.4, -0.2) is 16.1 Å². The average molecular weight is 251 g/mol. The molecule has 0 saturated carbocycles. The Morgan fingerprint density at radius 1 is 1.11 bits per heavy atom. The van der Waals surface area contributed by atoms with Crippen LogP contribution in [0, 0.1) is 0 Å². The number of carbonyl (C=O) groups is 1. The second-order valence-corrected chi connectivity index (χ2v) is 4.43. The van der Waals surface area contributed by atoms with Crippen LogP contribution < -0.4 is 5.32 Å². The Morgan fingerprint density at radius 2 is 1.84 bits per heavy atom. The summed E-state index contributed by atoms with van der Waals surface area (Å²) in [5.74, 6) is -0.0624. The van der Waals surface area contributed by atoms with Gasteiger partial charge in [0.1, 0.15) is 0 Å². The first kappa shape index (κ1) is 11.5. The summed E-state index contributed by atoms with van der Waals surface area (Å²) in [6.07, 6.45) is 1.81. The molecule has 3 rings (SSSR count). The highest BCUT2D eigenvalue weighted by molar-refractivity contribution is 5.89. The first-order valence-corrected chi connectivity index (χ1v) is 6.03. The van der Waals surface area contributed by atoms with Crippen molar-refractivity contribution in [2.75, 3.05) is 5.32 Å². The maximum Gasteiger partial charge on any atom is 0.221 e. The van der Waals surface area contributed by atoms with Gasteiger partial charge in [0.15, 0.2) is 0 Å². The molecule has 0 radical (unpaired) electrons. The molecule has 0 fully saturated rings. The van der Waals surface area contributed by atoms with E-state index in [1.54, 1.807) is 0 Å². The highest BCUT2D eigenvalue weighted by Gasteiger charge is 2.02. The molecule has 4 heteroatoms. The van der Waals surface area contributed by atoms with Crippen LogP contribution in [0.1, 0.15) is 6.92 Å². The lowest BCUT2D eigenvalue weighted by Gasteiger charge is -2.05. The molecule has 0 spiro atoms. The molecule has 0 atom stereocenters. The number of aromatic amines is 1. The topological polar surface area (TPSA) is 57.8 Å². The zero-order valence-corrected chi connectivity index (χ0v) is 10.5. The summed E-state index contributed by atoms with van der Waals surface area (Å²) >= 11 is 0. The standard InChI is InChI=1S/C15H13N3O/c1-10(19)17-14-5-2-11(3-6-14)12-4-7-15-13(8-12)9-16-18-15/h2-9H,1H3,(H,16,18)(H,17,19). The van der Waals surface area contributed by atoms with Crippen LogP contribution in [0.3, 0.4) is 0 Å². The first-order chi connectivity index (χ1) is 9.22. The molecule has 0 unspecified atom stereocenters. The Kier molecular flexibility index (Phi) is 2.76. The van der Waals surface area contributed by atoms with E-state index in [-0.39, 0.29) is 5.91 Å². The van der Waals surface area contributed by atoms with Crippen molar-refractivity contribution in [3.05, 3.63) is 48.7 Å². The van der Waals surface area contributed by atoms with E-state index in [1.165, 1.54) is 6.92 Å². The van der Waals surface area contributed by atoms with Crippen molar-refractivity contribution >= 4 is 22.5 Å². The van der Waals surface area contributed by atoms with Crippen LogP contribution in [0.25, 0.3) is 22.0 Å². The molecular weight excluding hydrogens is 238 g/mol. The van der Waals surface area contributed by atoms with Crippen LogP contribution in [-0.2, 0) is 4.79 Å². The molecule has 0 aliphatic rings. The average Bonchev–Trinajstić information content (AvgIpc) is 2.86. The molecular formula is C15H13N3O. The van der Waals surface area contributed by atoms with Gasteiger partial charge >= 0.3 is 0 Å². The van der Waals surface area contributed by atoms with Crippen LogP contribution in [0.5, 0.6) is 0 Å². The predicted molar refractivity (Wildman–Crippen MR) is 75.8 cm³/mol. The molecule has 4 nitrogen and oxygen atoms in total. The zero-order chi connectivity index (χ0) is 13.2. The van der Waals surface area contributed by atoms with Crippen LogP contribution >= 0.6 is 0 Å². The molecule has 94 valence electrons. The number of amides is 1. The van der Waals surface area contributed by atoms with E-state index in [0.717, 1.165) is 27.7 Å².